The number of imide groups is 1. The van der Waals surface area contributed by atoms with Crippen molar-refractivity contribution in [1.82, 2.24) is 4.90 Å². The van der Waals surface area contributed by atoms with E-state index in [-0.39, 0.29) is 30.0 Å². The first-order valence-electron chi connectivity index (χ1n) is 10.3. The lowest BCUT2D eigenvalue weighted by Crippen LogP contribution is -2.32. The number of methoxy groups -OCH3 is 1. The normalized spacial score (nSPS) is 14.5. The second-order valence-corrected chi connectivity index (χ2v) is 9.21. The van der Waals surface area contributed by atoms with Crippen LogP contribution in [0.4, 0.5) is 4.79 Å². The maximum Gasteiger partial charge on any atom is 0.353 e. The zero-order valence-corrected chi connectivity index (χ0v) is 20.1. The number of rotatable bonds is 8. The molecule has 0 aliphatic carbocycles. The quantitative estimate of drug-likeness (QED) is 0.235. The number of aryl methyl sites for hydroxylation is 1. The Hall–Kier alpha value is -3.56. The van der Waals surface area contributed by atoms with E-state index in [2.05, 4.69) is 0 Å². The molecule has 0 atom stereocenters. The van der Waals surface area contributed by atoms with Crippen LogP contribution in [0.25, 0.3) is 6.08 Å². The highest BCUT2D eigenvalue weighted by Gasteiger charge is 2.34. The molecule has 174 valence electrons. The first kappa shape index (κ1) is 23.6. The fraction of sp³-hybridized carbons (Fsp3) is 0.160. The van der Waals surface area contributed by atoms with E-state index in [9.17, 15) is 14.4 Å². The van der Waals surface area contributed by atoms with Gasteiger partial charge < -0.3 is 14.2 Å². The number of thiophene rings is 1. The van der Waals surface area contributed by atoms with Gasteiger partial charge in [-0.25, -0.2) is 4.79 Å². The number of hydrogen-bond acceptors (Lipinski definition) is 8. The highest BCUT2D eigenvalue weighted by atomic mass is 32.2. The number of amides is 2. The standard InChI is InChI=1S/C25H21NO6S2/c1-16-5-8-18(9-6-16)31-12-11-26-23(27)22(34-25(26)29)15-17-7-10-19(20(14-17)30-2)32-24(28)21-4-3-13-33-21/h3-10,13-15H,11-12H2,1-2H3/b22-15-. The van der Waals surface area contributed by atoms with Gasteiger partial charge in [0.25, 0.3) is 11.1 Å². The van der Waals surface area contributed by atoms with Crippen molar-refractivity contribution in [2.75, 3.05) is 20.3 Å². The highest BCUT2D eigenvalue weighted by molar-refractivity contribution is 8.18. The molecule has 2 heterocycles. The van der Waals surface area contributed by atoms with Crippen molar-refractivity contribution in [3.8, 4) is 17.2 Å². The second-order valence-electron chi connectivity index (χ2n) is 7.27. The molecule has 0 saturated carbocycles. The summed E-state index contributed by atoms with van der Waals surface area (Å²) in [5.74, 6) is 0.425. The Morgan fingerprint density at radius 2 is 1.85 bits per heavy atom. The second kappa shape index (κ2) is 10.6. The number of thioether (sulfide) groups is 1. The summed E-state index contributed by atoms with van der Waals surface area (Å²) in [4.78, 5) is 39.3. The Kier molecular flexibility index (Phi) is 7.34. The molecule has 0 spiro atoms. The predicted octanol–water partition coefficient (Wildman–Crippen LogP) is 5.40. The number of nitrogens with zero attached hydrogens (tertiary/aromatic N) is 1. The van der Waals surface area contributed by atoms with Gasteiger partial charge in [0.1, 0.15) is 17.2 Å². The van der Waals surface area contributed by atoms with E-state index in [0.717, 1.165) is 17.3 Å². The molecule has 1 saturated heterocycles. The third-order valence-corrected chi connectivity index (χ3v) is 6.65. The summed E-state index contributed by atoms with van der Waals surface area (Å²) in [7, 11) is 1.46. The van der Waals surface area contributed by atoms with Crippen molar-refractivity contribution in [1.29, 1.82) is 0 Å². The molecule has 0 N–H and O–H groups in total. The first-order valence-corrected chi connectivity index (χ1v) is 12.0. The monoisotopic (exact) mass is 495 g/mol. The molecule has 1 aliphatic heterocycles. The van der Waals surface area contributed by atoms with E-state index in [0.29, 0.717) is 26.8 Å². The molecule has 1 aliphatic rings. The smallest absolute Gasteiger partial charge is 0.353 e. The zero-order valence-electron chi connectivity index (χ0n) is 18.5. The van der Waals surface area contributed by atoms with E-state index in [1.165, 1.54) is 23.3 Å². The van der Waals surface area contributed by atoms with Crippen LogP contribution < -0.4 is 14.2 Å². The van der Waals surface area contributed by atoms with E-state index in [1.807, 2.05) is 31.2 Å². The van der Waals surface area contributed by atoms with Crippen LogP contribution in [-0.4, -0.2) is 42.3 Å². The fourth-order valence-corrected chi connectivity index (χ4v) is 4.60. The highest BCUT2D eigenvalue weighted by Crippen LogP contribution is 2.35. The zero-order chi connectivity index (χ0) is 24.1. The molecule has 2 amide bonds. The third-order valence-electron chi connectivity index (χ3n) is 4.89. The number of carbonyl (C=O) groups excluding carboxylic acids is 3. The SMILES string of the molecule is COc1cc(/C=C2\SC(=O)N(CCOc3ccc(C)cc3)C2=O)ccc1OC(=O)c1cccs1. The van der Waals surface area contributed by atoms with Crippen LogP contribution in [0, 0.1) is 6.92 Å². The van der Waals surface area contributed by atoms with Gasteiger partial charge in [-0.1, -0.05) is 29.8 Å². The largest absolute Gasteiger partial charge is 0.493 e. The molecule has 1 fully saturated rings. The average molecular weight is 496 g/mol. The van der Waals surface area contributed by atoms with Crippen LogP contribution in [0.15, 0.2) is 64.9 Å². The van der Waals surface area contributed by atoms with E-state index in [1.54, 1.807) is 41.8 Å². The molecule has 9 heteroatoms. The first-order chi connectivity index (χ1) is 16.4. The van der Waals surface area contributed by atoms with Gasteiger partial charge in [-0.05, 0) is 66.0 Å². The maximum atomic E-state index is 12.8. The fourth-order valence-electron chi connectivity index (χ4n) is 3.14. The summed E-state index contributed by atoms with van der Waals surface area (Å²) < 4.78 is 16.4. The van der Waals surface area contributed by atoms with Gasteiger partial charge in [-0.3, -0.25) is 14.5 Å². The summed E-state index contributed by atoms with van der Waals surface area (Å²) >= 11 is 2.15. The molecule has 1 aromatic heterocycles. The lowest BCUT2D eigenvalue weighted by molar-refractivity contribution is -0.123. The number of hydrogen-bond donors (Lipinski definition) is 0. The van der Waals surface area contributed by atoms with Gasteiger partial charge in [0.15, 0.2) is 11.5 Å². The summed E-state index contributed by atoms with van der Waals surface area (Å²) in [6.07, 6.45) is 1.61. The van der Waals surface area contributed by atoms with Crippen LogP contribution in [-0.2, 0) is 4.79 Å². The molecular weight excluding hydrogens is 474 g/mol. The van der Waals surface area contributed by atoms with Crippen LogP contribution in [0.2, 0.25) is 0 Å². The van der Waals surface area contributed by atoms with Crippen molar-refractivity contribution in [3.63, 3.8) is 0 Å². The van der Waals surface area contributed by atoms with Gasteiger partial charge >= 0.3 is 5.97 Å². The average Bonchev–Trinajstić information content (AvgIpc) is 3.46. The Labute approximate surface area is 204 Å². The molecule has 0 unspecified atom stereocenters. The Balaban J connectivity index is 1.41. The van der Waals surface area contributed by atoms with Crippen LogP contribution in [0.3, 0.4) is 0 Å². The number of benzene rings is 2. The minimum atomic E-state index is -0.477. The van der Waals surface area contributed by atoms with Crippen LogP contribution >= 0.6 is 23.1 Å². The van der Waals surface area contributed by atoms with E-state index in [4.69, 9.17) is 14.2 Å². The number of carbonyl (C=O) groups is 3. The van der Waals surface area contributed by atoms with Crippen molar-refractivity contribution < 1.29 is 28.6 Å². The van der Waals surface area contributed by atoms with E-state index < -0.39 is 5.97 Å². The summed E-state index contributed by atoms with van der Waals surface area (Å²) in [6, 6.07) is 15.9. The molecule has 7 nitrogen and oxygen atoms in total. The molecule has 0 bridgehead atoms. The molecule has 4 rings (SSSR count). The third kappa shape index (κ3) is 5.49. The predicted molar refractivity (Wildman–Crippen MR) is 132 cm³/mol. The topological polar surface area (TPSA) is 82.1 Å². The Bertz CT molecular complexity index is 1230. The van der Waals surface area contributed by atoms with Crippen molar-refractivity contribution in [2.24, 2.45) is 0 Å². The van der Waals surface area contributed by atoms with Crippen molar-refractivity contribution in [2.45, 2.75) is 6.92 Å². The van der Waals surface area contributed by atoms with Gasteiger partial charge in [0.2, 0.25) is 0 Å². The molecule has 34 heavy (non-hydrogen) atoms. The summed E-state index contributed by atoms with van der Waals surface area (Å²) in [5.41, 5.74) is 1.75. The van der Waals surface area contributed by atoms with Gasteiger partial charge in [-0.2, -0.15) is 0 Å². The number of esters is 1. The van der Waals surface area contributed by atoms with E-state index >= 15 is 0 Å². The van der Waals surface area contributed by atoms with Crippen LogP contribution in [0.1, 0.15) is 20.8 Å². The summed E-state index contributed by atoms with van der Waals surface area (Å²) in [5, 5.41) is 1.44. The molecule has 2 aromatic carbocycles. The number of ether oxygens (including phenoxy) is 3. The van der Waals surface area contributed by atoms with Gasteiger partial charge in [0.05, 0.1) is 18.6 Å². The van der Waals surface area contributed by atoms with Crippen LogP contribution in [0.5, 0.6) is 17.2 Å². The molecule has 3 aromatic rings. The lowest BCUT2D eigenvalue weighted by atomic mass is 10.2. The van der Waals surface area contributed by atoms with Crippen molar-refractivity contribution in [3.05, 3.63) is 80.9 Å². The Morgan fingerprint density at radius 1 is 1.06 bits per heavy atom. The van der Waals surface area contributed by atoms with Crippen molar-refractivity contribution >= 4 is 46.3 Å². The minimum absolute atomic E-state index is 0.150. The molecule has 0 radical (unpaired) electrons. The van der Waals surface area contributed by atoms with Gasteiger partial charge in [0, 0.05) is 0 Å². The van der Waals surface area contributed by atoms with Gasteiger partial charge in [-0.15, -0.1) is 11.3 Å². The minimum Gasteiger partial charge on any atom is -0.493 e. The Morgan fingerprint density at radius 3 is 2.56 bits per heavy atom. The summed E-state index contributed by atoms with van der Waals surface area (Å²) in [6.45, 7) is 2.33. The lowest BCUT2D eigenvalue weighted by Gasteiger charge is -2.13. The molecular formula is C25H21NO6S2. The maximum absolute atomic E-state index is 12.8.